The Bertz CT molecular complexity index is 860. The van der Waals surface area contributed by atoms with Crippen LogP contribution in [0.25, 0.3) is 11.2 Å². The van der Waals surface area contributed by atoms with Crippen LogP contribution in [0.4, 0.5) is 0 Å². The van der Waals surface area contributed by atoms with Gasteiger partial charge in [0.2, 0.25) is 5.28 Å². The SMILES string of the molecule is Cn1c(=O)n([C@H]2CC[C@H](O[Si](C)(C)C(C)(C)C)CC2)c2nc(Cl)ncc21. The Morgan fingerprint density at radius 2 is 1.85 bits per heavy atom. The molecule has 0 atom stereocenters. The third-order valence-corrected chi connectivity index (χ3v) is 10.8. The van der Waals surface area contributed by atoms with E-state index < -0.39 is 8.32 Å². The fourth-order valence-corrected chi connectivity index (χ4v) is 5.01. The summed E-state index contributed by atoms with van der Waals surface area (Å²) in [5.41, 5.74) is 1.30. The van der Waals surface area contributed by atoms with E-state index in [1.54, 1.807) is 22.4 Å². The van der Waals surface area contributed by atoms with Crippen molar-refractivity contribution < 1.29 is 4.43 Å². The number of halogens is 1. The van der Waals surface area contributed by atoms with E-state index in [-0.39, 0.29) is 28.2 Å². The zero-order valence-electron chi connectivity index (χ0n) is 16.5. The predicted octanol–water partition coefficient (Wildman–Crippen LogP) is 4.29. The quantitative estimate of drug-likeness (QED) is 0.573. The van der Waals surface area contributed by atoms with E-state index in [1.165, 1.54) is 0 Å². The first-order chi connectivity index (χ1) is 12.0. The van der Waals surface area contributed by atoms with E-state index in [2.05, 4.69) is 43.8 Å². The molecule has 0 spiro atoms. The number of rotatable bonds is 3. The van der Waals surface area contributed by atoms with Crippen LogP contribution in [0.1, 0.15) is 52.5 Å². The van der Waals surface area contributed by atoms with E-state index in [0.717, 1.165) is 31.2 Å². The van der Waals surface area contributed by atoms with Gasteiger partial charge in [0.15, 0.2) is 14.0 Å². The smallest absolute Gasteiger partial charge is 0.330 e. The molecule has 6 nitrogen and oxygen atoms in total. The van der Waals surface area contributed by atoms with Gasteiger partial charge in [-0.1, -0.05) is 20.8 Å². The number of aromatic nitrogens is 4. The van der Waals surface area contributed by atoms with Crippen molar-refractivity contribution in [2.24, 2.45) is 7.05 Å². The van der Waals surface area contributed by atoms with Crippen LogP contribution in [0.5, 0.6) is 0 Å². The molecule has 26 heavy (non-hydrogen) atoms. The summed E-state index contributed by atoms with van der Waals surface area (Å²) < 4.78 is 9.97. The molecule has 0 saturated heterocycles. The van der Waals surface area contributed by atoms with Gasteiger partial charge in [-0.05, 0) is 55.4 Å². The molecule has 2 aromatic rings. The highest BCUT2D eigenvalue weighted by Gasteiger charge is 2.40. The van der Waals surface area contributed by atoms with Crippen LogP contribution in [0, 0.1) is 0 Å². The average molecular weight is 397 g/mol. The van der Waals surface area contributed by atoms with Crippen LogP contribution in [0.15, 0.2) is 11.0 Å². The first-order valence-electron chi connectivity index (χ1n) is 9.28. The number of imidazole rings is 1. The van der Waals surface area contributed by atoms with Gasteiger partial charge in [-0.3, -0.25) is 9.13 Å². The first kappa shape index (κ1) is 19.6. The number of nitrogens with zero attached hydrogens (tertiary/aromatic N) is 4. The van der Waals surface area contributed by atoms with Crippen molar-refractivity contribution in [3.63, 3.8) is 0 Å². The number of hydrogen-bond donors (Lipinski definition) is 0. The molecule has 0 N–H and O–H groups in total. The van der Waals surface area contributed by atoms with Crippen molar-refractivity contribution in [2.45, 2.75) is 76.7 Å². The molecule has 0 bridgehead atoms. The molecule has 0 radical (unpaired) electrons. The minimum atomic E-state index is -1.76. The second-order valence-electron chi connectivity index (χ2n) is 8.87. The van der Waals surface area contributed by atoms with E-state index in [4.69, 9.17) is 16.0 Å². The summed E-state index contributed by atoms with van der Waals surface area (Å²) in [6.07, 6.45) is 5.68. The lowest BCUT2D eigenvalue weighted by Crippen LogP contribution is -2.45. The average Bonchev–Trinajstić information content (AvgIpc) is 2.78. The predicted molar refractivity (Wildman–Crippen MR) is 107 cm³/mol. The fraction of sp³-hybridized carbons (Fsp3) is 0.722. The number of aryl methyl sites for hydroxylation is 1. The molecular formula is C18H29ClN4O2Si. The van der Waals surface area contributed by atoms with Crippen molar-refractivity contribution >= 4 is 31.1 Å². The van der Waals surface area contributed by atoms with Gasteiger partial charge >= 0.3 is 5.69 Å². The summed E-state index contributed by atoms with van der Waals surface area (Å²) >= 11 is 5.97. The fourth-order valence-electron chi connectivity index (χ4n) is 3.46. The zero-order valence-corrected chi connectivity index (χ0v) is 18.3. The Morgan fingerprint density at radius 3 is 2.42 bits per heavy atom. The summed E-state index contributed by atoms with van der Waals surface area (Å²) in [5, 5.41) is 0.385. The highest BCUT2D eigenvalue weighted by molar-refractivity contribution is 6.74. The normalized spacial score (nSPS) is 22.1. The van der Waals surface area contributed by atoms with Gasteiger partial charge in [-0.2, -0.15) is 4.98 Å². The van der Waals surface area contributed by atoms with Crippen molar-refractivity contribution in [1.29, 1.82) is 0 Å². The molecule has 1 aliphatic rings. The highest BCUT2D eigenvalue weighted by atomic mass is 35.5. The van der Waals surface area contributed by atoms with Crippen LogP contribution in [0.2, 0.25) is 23.4 Å². The topological polar surface area (TPSA) is 61.9 Å². The zero-order chi connectivity index (χ0) is 19.3. The lowest BCUT2D eigenvalue weighted by molar-refractivity contribution is 0.118. The van der Waals surface area contributed by atoms with Gasteiger partial charge in [-0.15, -0.1) is 0 Å². The second-order valence-corrected chi connectivity index (χ2v) is 14.0. The molecule has 1 fully saturated rings. The van der Waals surface area contributed by atoms with Gasteiger partial charge < -0.3 is 4.43 Å². The third kappa shape index (κ3) is 3.49. The van der Waals surface area contributed by atoms with Gasteiger partial charge in [-0.25, -0.2) is 9.78 Å². The molecule has 0 aliphatic heterocycles. The number of hydrogen-bond acceptors (Lipinski definition) is 4. The molecule has 3 rings (SSSR count). The molecule has 0 amide bonds. The Hall–Kier alpha value is -1.18. The van der Waals surface area contributed by atoms with E-state index >= 15 is 0 Å². The maximum atomic E-state index is 12.7. The summed E-state index contributed by atoms with van der Waals surface area (Å²) in [6, 6.07) is 0.136. The molecule has 1 saturated carbocycles. The third-order valence-electron chi connectivity index (χ3n) is 6.08. The Morgan fingerprint density at radius 1 is 1.23 bits per heavy atom. The molecule has 2 heterocycles. The molecule has 144 valence electrons. The maximum absolute atomic E-state index is 12.7. The van der Waals surface area contributed by atoms with Crippen molar-refractivity contribution in [3.8, 4) is 0 Å². The van der Waals surface area contributed by atoms with Gasteiger partial charge in [0, 0.05) is 19.2 Å². The van der Waals surface area contributed by atoms with Gasteiger partial charge in [0.25, 0.3) is 0 Å². The summed E-state index contributed by atoms with van der Waals surface area (Å²) in [4.78, 5) is 21.1. The minimum absolute atomic E-state index is 0.0506. The lowest BCUT2D eigenvalue weighted by Gasteiger charge is -2.41. The van der Waals surface area contributed by atoms with E-state index in [0.29, 0.717) is 5.65 Å². The molecular weight excluding hydrogens is 368 g/mol. The molecule has 0 aromatic carbocycles. The van der Waals surface area contributed by atoms with Crippen molar-refractivity contribution in [1.82, 2.24) is 19.1 Å². The Balaban J connectivity index is 1.79. The maximum Gasteiger partial charge on any atom is 0.330 e. The van der Waals surface area contributed by atoms with Crippen LogP contribution in [-0.4, -0.2) is 33.5 Å². The minimum Gasteiger partial charge on any atom is -0.414 e. The van der Waals surface area contributed by atoms with Gasteiger partial charge in [0.05, 0.1) is 6.20 Å². The lowest BCUT2D eigenvalue weighted by atomic mass is 9.93. The van der Waals surface area contributed by atoms with E-state index in [9.17, 15) is 4.79 Å². The monoisotopic (exact) mass is 396 g/mol. The Labute approximate surface area is 160 Å². The summed E-state index contributed by atoms with van der Waals surface area (Å²) in [7, 11) is -0.00766. The second kappa shape index (κ2) is 6.76. The van der Waals surface area contributed by atoms with Crippen LogP contribution >= 0.6 is 11.6 Å². The van der Waals surface area contributed by atoms with Crippen molar-refractivity contribution in [3.05, 3.63) is 22.0 Å². The van der Waals surface area contributed by atoms with Crippen LogP contribution < -0.4 is 5.69 Å². The van der Waals surface area contributed by atoms with Crippen molar-refractivity contribution in [2.75, 3.05) is 0 Å². The first-order valence-corrected chi connectivity index (χ1v) is 12.6. The molecule has 2 aromatic heterocycles. The molecule has 1 aliphatic carbocycles. The van der Waals surface area contributed by atoms with Crippen LogP contribution in [0.3, 0.4) is 0 Å². The summed E-state index contributed by atoms with van der Waals surface area (Å²) in [5.74, 6) is 0. The largest absolute Gasteiger partial charge is 0.414 e. The Kier molecular flexibility index (Phi) is 5.09. The molecule has 8 heteroatoms. The van der Waals surface area contributed by atoms with E-state index in [1.807, 2.05) is 0 Å². The number of fused-ring (bicyclic) bond motifs is 1. The summed E-state index contributed by atoms with van der Waals surface area (Å²) in [6.45, 7) is 11.4. The van der Waals surface area contributed by atoms with Crippen LogP contribution in [-0.2, 0) is 11.5 Å². The standard InChI is InChI=1S/C18H29ClN4O2Si/c1-18(2,3)26(5,6)25-13-9-7-12(8-10-13)23-15-14(22(4)17(23)24)11-20-16(19)21-15/h11-13H,7-10H2,1-6H3/t12-,13-. The van der Waals surface area contributed by atoms with Gasteiger partial charge in [0.1, 0.15) is 5.52 Å². The highest BCUT2D eigenvalue weighted by Crippen LogP contribution is 2.40. The molecule has 0 unspecified atom stereocenters.